The third kappa shape index (κ3) is 6.63. The largest absolute Gasteiger partial charge is 0.306 e. The molecule has 0 aliphatic carbocycles. The zero-order valence-corrected chi connectivity index (χ0v) is 26.7. The third-order valence-electron chi connectivity index (χ3n) is 8.16. The average molecular weight is 602 g/mol. The molecule has 42 heavy (non-hydrogen) atoms. The molecule has 0 bridgehead atoms. The maximum Gasteiger partial charge on any atom is 0.261 e. The van der Waals surface area contributed by atoms with Gasteiger partial charge in [0.05, 0.1) is 42.9 Å². The lowest BCUT2D eigenvalue weighted by atomic mass is 10.1. The first-order valence-electron chi connectivity index (χ1n) is 15.8. The van der Waals surface area contributed by atoms with Crippen molar-refractivity contribution in [3.8, 4) is 10.6 Å². The number of nitrogens with zero attached hydrogens (tertiary/aromatic N) is 3. The summed E-state index contributed by atoms with van der Waals surface area (Å²) < 4.78 is 0. The number of rotatable bonds is 17. The van der Waals surface area contributed by atoms with Gasteiger partial charge in [0, 0.05) is 19.3 Å². The van der Waals surface area contributed by atoms with Gasteiger partial charge in [-0.25, -0.2) is 0 Å². The van der Waals surface area contributed by atoms with Crippen molar-refractivity contribution >= 4 is 45.9 Å². The van der Waals surface area contributed by atoms with Crippen LogP contribution in [0.5, 0.6) is 0 Å². The number of hydrogen-bond donors (Lipinski definition) is 0. The zero-order valence-electron chi connectivity index (χ0n) is 25.1. The summed E-state index contributed by atoms with van der Waals surface area (Å²) in [5, 5.41) is 2.03. The van der Waals surface area contributed by atoms with Crippen molar-refractivity contribution in [2.24, 2.45) is 0 Å². The summed E-state index contributed by atoms with van der Waals surface area (Å²) in [5.41, 5.74) is 3.70. The molecule has 0 spiro atoms. The van der Waals surface area contributed by atoms with Crippen molar-refractivity contribution in [1.29, 1.82) is 0 Å². The van der Waals surface area contributed by atoms with Crippen molar-refractivity contribution in [3.05, 3.63) is 74.9 Å². The number of thiophene rings is 2. The predicted octanol–water partition coefficient (Wildman–Crippen LogP) is 9.40. The second-order valence-corrected chi connectivity index (χ2v) is 13.3. The Kier molecular flexibility index (Phi) is 10.8. The molecule has 2 amide bonds. The molecule has 222 valence electrons. The number of carbonyl (C=O) groups excluding carboxylic acids is 2. The minimum atomic E-state index is -0.0245. The van der Waals surface area contributed by atoms with Crippen molar-refractivity contribution in [2.45, 2.75) is 90.9 Å². The van der Waals surface area contributed by atoms with Gasteiger partial charge in [-0.1, -0.05) is 90.2 Å². The Bertz CT molecular complexity index is 1400. The fourth-order valence-electron chi connectivity index (χ4n) is 5.96. The Labute approximate surface area is 259 Å². The molecule has 5 nitrogen and oxygen atoms in total. The fourth-order valence-corrected chi connectivity index (χ4v) is 7.79. The first-order valence-corrected chi connectivity index (χ1v) is 17.5. The van der Waals surface area contributed by atoms with Crippen LogP contribution in [0.4, 0.5) is 0 Å². The van der Waals surface area contributed by atoms with Crippen LogP contribution in [0, 0.1) is 0 Å². The highest BCUT2D eigenvalue weighted by molar-refractivity contribution is 7.16. The van der Waals surface area contributed by atoms with Gasteiger partial charge in [0.1, 0.15) is 0 Å². The first-order chi connectivity index (χ1) is 20.7. The van der Waals surface area contributed by atoms with Crippen LogP contribution in [0.25, 0.3) is 22.0 Å². The monoisotopic (exact) mass is 601 g/mol. The second kappa shape index (κ2) is 14.9. The lowest BCUT2D eigenvalue weighted by Gasteiger charge is -2.24. The molecule has 7 heteroatoms. The number of aromatic nitrogens is 1. The van der Waals surface area contributed by atoms with Gasteiger partial charge < -0.3 is 9.80 Å². The Morgan fingerprint density at radius 3 is 1.74 bits per heavy atom. The second-order valence-electron chi connectivity index (χ2n) is 11.3. The van der Waals surface area contributed by atoms with Crippen LogP contribution in [0.1, 0.15) is 101 Å². The Morgan fingerprint density at radius 1 is 0.619 bits per heavy atom. The summed E-state index contributed by atoms with van der Waals surface area (Å²) in [7, 11) is 0. The maximum absolute atomic E-state index is 14.3. The van der Waals surface area contributed by atoms with Gasteiger partial charge in [-0.15, -0.1) is 22.7 Å². The molecule has 0 saturated heterocycles. The molecular formula is C35H43N3O2S2. The van der Waals surface area contributed by atoms with E-state index in [2.05, 4.69) is 31.0 Å². The minimum Gasteiger partial charge on any atom is -0.306 e. The van der Waals surface area contributed by atoms with Crippen LogP contribution in [-0.4, -0.2) is 39.7 Å². The van der Waals surface area contributed by atoms with E-state index in [-0.39, 0.29) is 11.8 Å². The molecule has 0 radical (unpaired) electrons. The SMILES string of the molecule is CCCCCCCCN1C(=O)C2=C(c3ccc(-c4ccccn4)s3)N(CCCCCCCC)C(=O)C2=C1c1cccs1. The summed E-state index contributed by atoms with van der Waals surface area (Å²) >= 11 is 3.22. The standard InChI is InChI=1S/C35H43N3O2S2/c1-3-5-7-9-11-15-23-37-32(28-19-17-25-41-28)30-31(35(37)40)33(38(34(30)39)24-16-12-10-8-6-4-2)29-21-20-27(42-29)26-18-13-14-22-36-26/h13-14,17-22,25H,3-12,15-16,23-24H2,1-2H3. The van der Waals surface area contributed by atoms with Crippen molar-refractivity contribution < 1.29 is 9.59 Å². The van der Waals surface area contributed by atoms with Gasteiger partial charge in [0.2, 0.25) is 0 Å². The highest BCUT2D eigenvalue weighted by atomic mass is 32.1. The molecule has 0 N–H and O–H groups in total. The van der Waals surface area contributed by atoms with Crippen LogP contribution < -0.4 is 0 Å². The summed E-state index contributed by atoms with van der Waals surface area (Å²) in [4.78, 5) is 40.0. The molecule has 2 aliphatic rings. The van der Waals surface area contributed by atoms with Gasteiger partial charge in [0.25, 0.3) is 11.8 Å². The summed E-state index contributed by atoms with van der Waals surface area (Å²) in [6.07, 6.45) is 15.6. The predicted molar refractivity (Wildman–Crippen MR) is 176 cm³/mol. The highest BCUT2D eigenvalue weighted by Crippen LogP contribution is 2.49. The first kappa shape index (κ1) is 30.4. The smallest absolute Gasteiger partial charge is 0.261 e. The van der Waals surface area contributed by atoms with Crippen LogP contribution >= 0.6 is 22.7 Å². The third-order valence-corrected chi connectivity index (χ3v) is 10.2. The molecule has 0 atom stereocenters. The van der Waals surface area contributed by atoms with Gasteiger partial charge in [0.15, 0.2) is 0 Å². The number of fused-ring (bicyclic) bond motifs is 1. The van der Waals surface area contributed by atoms with Crippen molar-refractivity contribution in [3.63, 3.8) is 0 Å². The molecule has 3 aromatic rings. The van der Waals surface area contributed by atoms with E-state index < -0.39 is 0 Å². The molecule has 5 rings (SSSR count). The number of pyridine rings is 1. The zero-order chi connectivity index (χ0) is 29.3. The van der Waals surface area contributed by atoms with Crippen LogP contribution in [0.15, 0.2) is 65.2 Å². The lowest BCUT2D eigenvalue weighted by Crippen LogP contribution is -2.30. The highest BCUT2D eigenvalue weighted by Gasteiger charge is 2.49. The van der Waals surface area contributed by atoms with E-state index >= 15 is 0 Å². The molecule has 0 unspecified atom stereocenters. The van der Waals surface area contributed by atoms with Crippen LogP contribution in [0.3, 0.4) is 0 Å². The molecule has 0 saturated carbocycles. The molecule has 5 heterocycles. The van der Waals surface area contributed by atoms with Crippen LogP contribution in [-0.2, 0) is 9.59 Å². The molecule has 0 aromatic carbocycles. The van der Waals surface area contributed by atoms with E-state index in [0.29, 0.717) is 24.2 Å². The van der Waals surface area contributed by atoms with E-state index in [9.17, 15) is 9.59 Å². The quantitative estimate of drug-likeness (QED) is 0.145. The normalized spacial score (nSPS) is 15.1. The lowest BCUT2D eigenvalue weighted by molar-refractivity contribution is -0.124. The Balaban J connectivity index is 1.49. The van der Waals surface area contributed by atoms with Gasteiger partial charge in [-0.05, 0) is 48.6 Å². The Hall–Kier alpha value is -3.03. The van der Waals surface area contributed by atoms with Gasteiger partial charge in [-0.2, -0.15) is 0 Å². The molecule has 0 fully saturated rings. The van der Waals surface area contributed by atoms with Gasteiger partial charge >= 0.3 is 0 Å². The van der Waals surface area contributed by atoms with E-state index in [1.165, 1.54) is 51.4 Å². The van der Waals surface area contributed by atoms with Crippen LogP contribution in [0.2, 0.25) is 0 Å². The number of carbonyl (C=O) groups is 2. The number of unbranched alkanes of at least 4 members (excludes halogenated alkanes) is 10. The number of amides is 2. The topological polar surface area (TPSA) is 53.5 Å². The molecule has 3 aromatic heterocycles. The maximum atomic E-state index is 14.3. The van der Waals surface area contributed by atoms with Crippen molar-refractivity contribution in [2.75, 3.05) is 13.1 Å². The van der Waals surface area contributed by atoms with E-state index in [4.69, 9.17) is 0 Å². The molecular weight excluding hydrogens is 559 g/mol. The summed E-state index contributed by atoms with van der Waals surface area (Å²) in [6.45, 7) is 5.73. The fraction of sp³-hybridized carbons (Fsp3) is 0.457. The number of hydrogen-bond acceptors (Lipinski definition) is 5. The van der Waals surface area contributed by atoms with E-state index in [1.54, 1.807) is 28.9 Å². The molecule has 2 aliphatic heterocycles. The van der Waals surface area contributed by atoms with E-state index in [0.717, 1.165) is 57.4 Å². The van der Waals surface area contributed by atoms with Crippen molar-refractivity contribution in [1.82, 2.24) is 14.8 Å². The summed E-state index contributed by atoms with van der Waals surface area (Å²) in [6, 6.07) is 14.1. The average Bonchev–Trinajstić information content (AvgIpc) is 3.80. The van der Waals surface area contributed by atoms with E-state index in [1.807, 2.05) is 45.5 Å². The summed E-state index contributed by atoms with van der Waals surface area (Å²) in [5.74, 6) is -0.0490. The van der Waals surface area contributed by atoms with Gasteiger partial charge in [-0.3, -0.25) is 14.6 Å². The Morgan fingerprint density at radius 2 is 1.19 bits per heavy atom. The minimum absolute atomic E-state index is 0.0245.